The van der Waals surface area contributed by atoms with Gasteiger partial charge in [-0.3, -0.25) is 9.89 Å². The molecule has 0 spiro atoms. The molecule has 2 N–H and O–H groups in total. The largest absolute Gasteiger partial charge is 0.468 e. The third-order valence-corrected chi connectivity index (χ3v) is 5.72. The Bertz CT molecular complexity index is 992. The van der Waals surface area contributed by atoms with E-state index in [1.54, 1.807) is 13.3 Å². The maximum Gasteiger partial charge on any atom is 0.257 e. The number of nitrogens with one attached hydrogen (secondary N) is 2. The highest BCUT2D eigenvalue weighted by molar-refractivity contribution is 5.79. The first kappa shape index (κ1) is 22.1. The van der Waals surface area contributed by atoms with Gasteiger partial charge in [-0.2, -0.15) is 4.98 Å². The van der Waals surface area contributed by atoms with Gasteiger partial charge in [0.15, 0.2) is 11.8 Å². The van der Waals surface area contributed by atoms with Crippen LogP contribution in [0.2, 0.25) is 0 Å². The van der Waals surface area contributed by atoms with Crippen LogP contribution in [0.4, 0.5) is 0 Å². The normalized spacial score (nSPS) is 15.8. The lowest BCUT2D eigenvalue weighted by Gasteiger charge is -2.26. The predicted molar refractivity (Wildman–Crippen MR) is 124 cm³/mol. The summed E-state index contributed by atoms with van der Waals surface area (Å²) < 4.78 is 11.1. The molecule has 1 aromatic carbocycles. The fraction of sp³-hybridized carbons (Fsp3) is 0.458. The molecule has 1 aliphatic rings. The Kier molecular flexibility index (Phi) is 7.55. The number of aliphatic imine (C=N–C) groups is 1. The summed E-state index contributed by atoms with van der Waals surface area (Å²) in [5.41, 5.74) is 2.04. The van der Waals surface area contributed by atoms with Crippen LogP contribution >= 0.6 is 0 Å². The van der Waals surface area contributed by atoms with E-state index < -0.39 is 0 Å². The molecule has 0 bridgehead atoms. The van der Waals surface area contributed by atoms with Crippen LogP contribution in [-0.4, -0.2) is 47.7 Å². The molecule has 2 aromatic heterocycles. The Labute approximate surface area is 189 Å². The summed E-state index contributed by atoms with van der Waals surface area (Å²) in [6, 6.07) is 12.3. The van der Waals surface area contributed by atoms with Crippen molar-refractivity contribution in [1.29, 1.82) is 0 Å². The van der Waals surface area contributed by atoms with Gasteiger partial charge in [-0.1, -0.05) is 24.2 Å². The number of furan rings is 1. The van der Waals surface area contributed by atoms with Gasteiger partial charge in [-0.25, -0.2) is 0 Å². The molecule has 0 saturated carbocycles. The maximum atomic E-state index is 5.71. The Morgan fingerprint density at radius 2 is 2.06 bits per heavy atom. The summed E-state index contributed by atoms with van der Waals surface area (Å²) in [5.74, 6) is 3.06. The van der Waals surface area contributed by atoms with Gasteiger partial charge in [0.25, 0.3) is 5.89 Å². The average Bonchev–Trinajstić information content (AvgIpc) is 3.60. The van der Waals surface area contributed by atoms with Gasteiger partial charge >= 0.3 is 0 Å². The number of guanidine groups is 1. The van der Waals surface area contributed by atoms with Crippen molar-refractivity contribution in [2.75, 3.05) is 26.7 Å². The van der Waals surface area contributed by atoms with Crippen molar-refractivity contribution in [2.24, 2.45) is 4.99 Å². The van der Waals surface area contributed by atoms with Gasteiger partial charge in [-0.15, -0.1) is 0 Å². The first-order valence-corrected chi connectivity index (χ1v) is 11.4. The van der Waals surface area contributed by atoms with E-state index in [-0.39, 0.29) is 6.04 Å². The molecule has 8 heteroatoms. The molecular formula is C24H32N6O2. The summed E-state index contributed by atoms with van der Waals surface area (Å²) in [6.45, 7) is 5.67. The molecular weight excluding hydrogens is 404 g/mol. The molecule has 0 radical (unpaired) electrons. The van der Waals surface area contributed by atoms with Crippen molar-refractivity contribution in [2.45, 2.75) is 45.2 Å². The summed E-state index contributed by atoms with van der Waals surface area (Å²) in [5, 5.41) is 10.9. The number of hydrogen-bond donors (Lipinski definition) is 2. The second kappa shape index (κ2) is 10.9. The number of aryl methyl sites for hydroxylation is 1. The van der Waals surface area contributed by atoms with Crippen molar-refractivity contribution >= 4 is 5.96 Å². The van der Waals surface area contributed by atoms with E-state index in [0.29, 0.717) is 12.4 Å². The number of aromatic nitrogens is 2. The number of benzene rings is 1. The molecule has 3 aromatic rings. The summed E-state index contributed by atoms with van der Waals surface area (Å²) in [7, 11) is 1.79. The monoisotopic (exact) mass is 436 g/mol. The number of nitrogens with zero attached hydrogens (tertiary/aromatic N) is 4. The molecule has 170 valence electrons. The zero-order valence-electron chi connectivity index (χ0n) is 18.9. The molecule has 1 saturated heterocycles. The molecule has 3 heterocycles. The van der Waals surface area contributed by atoms with Crippen LogP contribution < -0.4 is 10.6 Å². The van der Waals surface area contributed by atoms with Crippen molar-refractivity contribution in [1.82, 2.24) is 25.7 Å². The van der Waals surface area contributed by atoms with E-state index in [1.165, 1.54) is 12.8 Å². The Balaban J connectivity index is 1.35. The second-order valence-electron chi connectivity index (χ2n) is 8.05. The third-order valence-electron chi connectivity index (χ3n) is 5.72. The van der Waals surface area contributed by atoms with Gasteiger partial charge in [0, 0.05) is 32.1 Å². The first-order chi connectivity index (χ1) is 15.8. The van der Waals surface area contributed by atoms with E-state index in [0.717, 1.165) is 61.1 Å². The molecule has 8 nitrogen and oxygen atoms in total. The lowest BCUT2D eigenvalue weighted by Crippen LogP contribution is -2.42. The Morgan fingerprint density at radius 1 is 1.19 bits per heavy atom. The standard InChI is InChI=1S/C24H32N6O2/c1-3-8-22-28-23(32-29-22)19-10-6-9-18(15-19)16-26-24(25-2)27-17-20(21-11-7-14-31-21)30-12-4-5-13-30/h6-7,9-11,14-15,20H,3-5,8,12-13,16-17H2,1-2H3,(H2,25,26,27). The fourth-order valence-corrected chi connectivity index (χ4v) is 4.05. The van der Waals surface area contributed by atoms with Crippen molar-refractivity contribution in [3.05, 3.63) is 59.8 Å². The van der Waals surface area contributed by atoms with E-state index in [1.807, 2.05) is 18.2 Å². The number of hydrogen-bond acceptors (Lipinski definition) is 6. The number of likely N-dealkylation sites (tertiary alicyclic amines) is 1. The van der Waals surface area contributed by atoms with Crippen LogP contribution in [0.3, 0.4) is 0 Å². The van der Waals surface area contributed by atoms with Crippen LogP contribution in [0.25, 0.3) is 11.5 Å². The van der Waals surface area contributed by atoms with Gasteiger partial charge in [-0.05, 0) is 62.2 Å². The van der Waals surface area contributed by atoms with Crippen molar-refractivity contribution in [3.8, 4) is 11.5 Å². The molecule has 1 atom stereocenters. The first-order valence-electron chi connectivity index (χ1n) is 11.4. The van der Waals surface area contributed by atoms with Crippen LogP contribution in [0.5, 0.6) is 0 Å². The van der Waals surface area contributed by atoms with Crippen LogP contribution in [0.1, 0.15) is 49.4 Å². The summed E-state index contributed by atoms with van der Waals surface area (Å²) in [4.78, 5) is 11.3. The van der Waals surface area contributed by atoms with Crippen molar-refractivity contribution < 1.29 is 8.94 Å². The molecule has 0 amide bonds. The fourth-order valence-electron chi connectivity index (χ4n) is 4.05. The van der Waals surface area contributed by atoms with E-state index in [9.17, 15) is 0 Å². The highest BCUT2D eigenvalue weighted by atomic mass is 16.5. The highest BCUT2D eigenvalue weighted by Crippen LogP contribution is 2.25. The minimum atomic E-state index is 0.198. The zero-order valence-corrected chi connectivity index (χ0v) is 18.9. The van der Waals surface area contributed by atoms with Gasteiger partial charge in [0.1, 0.15) is 5.76 Å². The lowest BCUT2D eigenvalue weighted by atomic mass is 10.1. The van der Waals surface area contributed by atoms with Gasteiger partial charge < -0.3 is 19.6 Å². The molecule has 1 fully saturated rings. The zero-order chi connectivity index (χ0) is 22.2. The van der Waals surface area contributed by atoms with Crippen LogP contribution in [-0.2, 0) is 13.0 Å². The summed E-state index contributed by atoms with van der Waals surface area (Å²) >= 11 is 0. The topological polar surface area (TPSA) is 91.7 Å². The molecule has 0 aliphatic carbocycles. The minimum Gasteiger partial charge on any atom is -0.468 e. The quantitative estimate of drug-likeness (QED) is 0.389. The summed E-state index contributed by atoms with van der Waals surface area (Å²) in [6.07, 6.45) is 6.03. The van der Waals surface area contributed by atoms with Crippen LogP contribution in [0, 0.1) is 0 Å². The predicted octanol–water partition coefficient (Wildman–Crippen LogP) is 3.78. The third kappa shape index (κ3) is 5.56. The molecule has 32 heavy (non-hydrogen) atoms. The van der Waals surface area contributed by atoms with E-state index in [4.69, 9.17) is 8.94 Å². The van der Waals surface area contributed by atoms with Gasteiger partial charge in [0.05, 0.1) is 12.3 Å². The Hall–Kier alpha value is -3.13. The van der Waals surface area contributed by atoms with Crippen LogP contribution in [0.15, 0.2) is 56.6 Å². The molecule has 4 rings (SSSR count). The minimum absolute atomic E-state index is 0.198. The van der Waals surface area contributed by atoms with E-state index >= 15 is 0 Å². The maximum absolute atomic E-state index is 5.71. The molecule has 1 aliphatic heterocycles. The highest BCUT2D eigenvalue weighted by Gasteiger charge is 2.25. The Morgan fingerprint density at radius 3 is 2.81 bits per heavy atom. The smallest absolute Gasteiger partial charge is 0.257 e. The SMILES string of the molecule is CCCc1noc(-c2cccc(CNC(=NC)NCC(c3ccco3)N3CCCC3)c2)n1. The lowest BCUT2D eigenvalue weighted by molar-refractivity contribution is 0.215. The van der Waals surface area contributed by atoms with E-state index in [2.05, 4.69) is 55.8 Å². The number of rotatable bonds is 9. The second-order valence-corrected chi connectivity index (χ2v) is 8.05. The van der Waals surface area contributed by atoms with Crippen molar-refractivity contribution in [3.63, 3.8) is 0 Å². The van der Waals surface area contributed by atoms with Gasteiger partial charge in [0.2, 0.25) is 0 Å². The molecule has 1 unspecified atom stereocenters. The average molecular weight is 437 g/mol.